The van der Waals surface area contributed by atoms with Crippen LogP contribution >= 0.6 is 23.2 Å². The Morgan fingerprint density at radius 2 is 1.82 bits per heavy atom. The van der Waals surface area contributed by atoms with Crippen LogP contribution in [0.15, 0.2) is 36.4 Å². The normalized spacial score (nSPS) is 16.4. The molecule has 9 heteroatoms. The van der Waals surface area contributed by atoms with Gasteiger partial charge in [-0.3, -0.25) is 4.79 Å². The van der Waals surface area contributed by atoms with E-state index in [0.717, 1.165) is 23.3 Å². The van der Waals surface area contributed by atoms with E-state index in [1.165, 1.54) is 4.31 Å². The third kappa shape index (κ3) is 6.21. The summed E-state index contributed by atoms with van der Waals surface area (Å²) in [4.78, 5) is 12.9. The van der Waals surface area contributed by atoms with E-state index in [0.29, 0.717) is 41.5 Å². The molecule has 1 heterocycles. The fourth-order valence-electron chi connectivity index (χ4n) is 4.17. The van der Waals surface area contributed by atoms with Crippen LogP contribution in [0.3, 0.4) is 0 Å². The summed E-state index contributed by atoms with van der Waals surface area (Å²) in [5.41, 5.74) is 2.45. The number of piperidine rings is 1. The number of methoxy groups -OCH3 is 1. The molecule has 1 saturated heterocycles. The van der Waals surface area contributed by atoms with Gasteiger partial charge in [0, 0.05) is 34.6 Å². The van der Waals surface area contributed by atoms with E-state index < -0.39 is 10.0 Å². The molecule has 33 heavy (non-hydrogen) atoms. The van der Waals surface area contributed by atoms with Crippen LogP contribution in [0.5, 0.6) is 5.75 Å². The van der Waals surface area contributed by atoms with Gasteiger partial charge >= 0.3 is 0 Å². The fraction of sp³-hybridized carbons (Fsp3) is 0.458. The summed E-state index contributed by atoms with van der Waals surface area (Å²) >= 11 is 12.3. The molecule has 0 unspecified atom stereocenters. The van der Waals surface area contributed by atoms with E-state index in [1.807, 2.05) is 32.0 Å². The third-order valence-corrected chi connectivity index (χ3v) is 8.67. The van der Waals surface area contributed by atoms with Gasteiger partial charge in [0.15, 0.2) is 0 Å². The number of amides is 1. The van der Waals surface area contributed by atoms with Crippen LogP contribution in [0, 0.1) is 12.8 Å². The first-order valence-electron chi connectivity index (χ1n) is 11.0. The molecule has 0 saturated carbocycles. The SMILES string of the molecule is CC[C@H](NC(=O)C1CCN(S(=O)(=O)Cc2c(Cl)cccc2Cl)CC1)c1ccc(OC)c(C)c1. The van der Waals surface area contributed by atoms with Gasteiger partial charge in [-0.2, -0.15) is 0 Å². The maximum Gasteiger partial charge on any atom is 0.223 e. The number of aryl methyl sites for hydroxylation is 1. The van der Waals surface area contributed by atoms with Crippen LogP contribution < -0.4 is 10.1 Å². The summed E-state index contributed by atoms with van der Waals surface area (Å²) in [7, 11) is -1.96. The lowest BCUT2D eigenvalue weighted by molar-refractivity contribution is -0.126. The highest BCUT2D eigenvalue weighted by Gasteiger charge is 2.32. The predicted octanol–water partition coefficient (Wildman–Crippen LogP) is 5.12. The molecule has 180 valence electrons. The summed E-state index contributed by atoms with van der Waals surface area (Å²) in [6.45, 7) is 4.59. The number of benzene rings is 2. The second kappa shape index (κ2) is 11.1. The van der Waals surface area contributed by atoms with E-state index >= 15 is 0 Å². The van der Waals surface area contributed by atoms with Crippen LogP contribution in [0.4, 0.5) is 0 Å². The van der Waals surface area contributed by atoms with Crippen LogP contribution in [0.25, 0.3) is 0 Å². The fourth-order valence-corrected chi connectivity index (χ4v) is 6.48. The summed E-state index contributed by atoms with van der Waals surface area (Å²) in [5.74, 6) is 0.291. The first-order valence-corrected chi connectivity index (χ1v) is 13.4. The summed E-state index contributed by atoms with van der Waals surface area (Å²) in [5, 5.41) is 3.81. The Labute approximate surface area is 206 Å². The van der Waals surface area contributed by atoms with Gasteiger partial charge in [-0.1, -0.05) is 48.3 Å². The number of carbonyl (C=O) groups excluding carboxylic acids is 1. The Hall–Kier alpha value is -1.80. The molecule has 1 fully saturated rings. The molecule has 0 bridgehead atoms. The number of sulfonamides is 1. The van der Waals surface area contributed by atoms with Crippen molar-refractivity contribution in [2.75, 3.05) is 20.2 Å². The number of hydrogen-bond donors (Lipinski definition) is 1. The third-order valence-electron chi connectivity index (χ3n) is 6.15. The number of ether oxygens (including phenoxy) is 1. The van der Waals surface area contributed by atoms with Gasteiger partial charge < -0.3 is 10.1 Å². The van der Waals surface area contributed by atoms with Gasteiger partial charge in [0.1, 0.15) is 5.75 Å². The molecule has 1 atom stereocenters. The van der Waals surface area contributed by atoms with Gasteiger partial charge in [-0.15, -0.1) is 0 Å². The largest absolute Gasteiger partial charge is 0.496 e. The van der Waals surface area contributed by atoms with Gasteiger partial charge in [-0.05, 0) is 55.5 Å². The molecule has 6 nitrogen and oxygen atoms in total. The standard InChI is InChI=1S/C24H30Cl2N2O4S/c1-4-22(18-8-9-23(32-3)16(2)14-18)27-24(29)17-10-12-28(13-11-17)33(30,31)15-19-20(25)6-5-7-21(19)26/h5-9,14,17,22H,4,10-13,15H2,1-3H3,(H,27,29)/t22-/m0/s1. The zero-order valence-corrected chi connectivity index (χ0v) is 21.4. The monoisotopic (exact) mass is 512 g/mol. The van der Waals surface area contributed by atoms with E-state index in [1.54, 1.807) is 25.3 Å². The van der Waals surface area contributed by atoms with Crippen LogP contribution in [-0.2, 0) is 20.6 Å². The maximum atomic E-state index is 12.9. The zero-order valence-electron chi connectivity index (χ0n) is 19.1. The van der Waals surface area contributed by atoms with Gasteiger partial charge in [-0.25, -0.2) is 12.7 Å². The Bertz CT molecular complexity index is 1080. The molecule has 1 N–H and O–H groups in total. The quantitative estimate of drug-likeness (QED) is 0.532. The van der Waals surface area contributed by atoms with Crippen molar-refractivity contribution in [3.63, 3.8) is 0 Å². The average Bonchev–Trinajstić information content (AvgIpc) is 2.80. The lowest BCUT2D eigenvalue weighted by Crippen LogP contribution is -2.44. The molecule has 0 aliphatic carbocycles. The molecule has 0 radical (unpaired) electrons. The minimum atomic E-state index is -3.59. The molecule has 0 spiro atoms. The lowest BCUT2D eigenvalue weighted by Gasteiger charge is -2.31. The molecule has 3 rings (SSSR count). The summed E-state index contributed by atoms with van der Waals surface area (Å²) in [6, 6.07) is 10.7. The maximum absolute atomic E-state index is 12.9. The number of rotatable bonds is 8. The minimum absolute atomic E-state index is 0.0403. The number of carbonyl (C=O) groups is 1. The van der Waals surface area contributed by atoms with E-state index in [-0.39, 0.29) is 23.6 Å². The van der Waals surface area contributed by atoms with Crippen molar-refractivity contribution in [3.8, 4) is 5.75 Å². The van der Waals surface area contributed by atoms with Crippen molar-refractivity contribution in [1.82, 2.24) is 9.62 Å². The molecular formula is C24H30Cl2N2O4S. The van der Waals surface area contributed by atoms with Gasteiger partial charge in [0.25, 0.3) is 0 Å². The number of halogens is 2. The Morgan fingerprint density at radius 1 is 1.18 bits per heavy atom. The first kappa shape index (κ1) is 25.8. The number of hydrogen-bond acceptors (Lipinski definition) is 4. The summed E-state index contributed by atoms with van der Waals surface area (Å²) in [6.07, 6.45) is 1.70. The number of nitrogens with one attached hydrogen (secondary N) is 1. The molecule has 0 aromatic heterocycles. The highest BCUT2D eigenvalue weighted by Crippen LogP contribution is 2.30. The molecule has 1 amide bonds. The number of nitrogens with zero attached hydrogens (tertiary/aromatic N) is 1. The van der Waals surface area contributed by atoms with Crippen molar-refractivity contribution < 1.29 is 17.9 Å². The van der Waals surface area contributed by atoms with Crippen molar-refractivity contribution in [3.05, 3.63) is 63.1 Å². The highest BCUT2D eigenvalue weighted by molar-refractivity contribution is 7.88. The second-order valence-electron chi connectivity index (χ2n) is 8.33. The van der Waals surface area contributed by atoms with Gasteiger partial charge in [0.2, 0.25) is 15.9 Å². The lowest BCUT2D eigenvalue weighted by atomic mass is 9.95. The van der Waals surface area contributed by atoms with Crippen molar-refractivity contribution >= 4 is 39.1 Å². The minimum Gasteiger partial charge on any atom is -0.496 e. The topological polar surface area (TPSA) is 75.7 Å². The zero-order chi connectivity index (χ0) is 24.2. The van der Waals surface area contributed by atoms with Crippen LogP contribution in [-0.4, -0.2) is 38.8 Å². The van der Waals surface area contributed by atoms with Crippen LogP contribution in [0.1, 0.15) is 48.9 Å². The average molecular weight is 513 g/mol. The summed E-state index contributed by atoms with van der Waals surface area (Å²) < 4.78 is 32.6. The Morgan fingerprint density at radius 3 is 2.36 bits per heavy atom. The smallest absolute Gasteiger partial charge is 0.223 e. The van der Waals surface area contributed by atoms with Gasteiger partial charge in [0.05, 0.1) is 18.9 Å². The van der Waals surface area contributed by atoms with Crippen LogP contribution in [0.2, 0.25) is 10.0 Å². The molecule has 2 aromatic rings. The van der Waals surface area contributed by atoms with Crippen molar-refractivity contribution in [2.45, 2.75) is 44.9 Å². The van der Waals surface area contributed by atoms with Crippen molar-refractivity contribution in [1.29, 1.82) is 0 Å². The molecular weight excluding hydrogens is 483 g/mol. The molecule has 1 aliphatic heterocycles. The predicted molar refractivity (Wildman–Crippen MR) is 132 cm³/mol. The Balaban J connectivity index is 1.60. The van der Waals surface area contributed by atoms with E-state index in [4.69, 9.17) is 27.9 Å². The van der Waals surface area contributed by atoms with E-state index in [2.05, 4.69) is 5.32 Å². The molecule has 1 aliphatic rings. The Kier molecular flexibility index (Phi) is 8.67. The highest BCUT2D eigenvalue weighted by atomic mass is 35.5. The van der Waals surface area contributed by atoms with Crippen molar-refractivity contribution in [2.24, 2.45) is 5.92 Å². The van der Waals surface area contributed by atoms with E-state index in [9.17, 15) is 13.2 Å². The second-order valence-corrected chi connectivity index (χ2v) is 11.1. The first-order chi connectivity index (χ1) is 15.7. The molecule has 2 aromatic carbocycles.